The number of oxime groups is 1. The molecule has 3 heterocycles. The van der Waals surface area contributed by atoms with Crippen molar-refractivity contribution in [2.24, 2.45) is 5.16 Å². The van der Waals surface area contributed by atoms with Gasteiger partial charge in [0.05, 0.1) is 0 Å². The van der Waals surface area contributed by atoms with E-state index < -0.39 is 41.0 Å². The zero-order valence-electron chi connectivity index (χ0n) is 17.2. The number of alkyl carbamates (subject to hydrolysis) is 1. The second-order valence-electron chi connectivity index (χ2n) is 6.59. The van der Waals surface area contributed by atoms with E-state index in [-0.39, 0.29) is 28.9 Å². The summed E-state index contributed by atoms with van der Waals surface area (Å²) in [7, 11) is 0. The van der Waals surface area contributed by atoms with Crippen molar-refractivity contribution in [2.75, 3.05) is 24.6 Å². The Morgan fingerprint density at radius 1 is 1.45 bits per heavy atom. The van der Waals surface area contributed by atoms with Gasteiger partial charge in [-0.25, -0.2) is 14.6 Å². The lowest BCUT2D eigenvalue weighted by Crippen LogP contribution is -2.71. The molecular weight excluding hydrogens is 476 g/mol. The summed E-state index contributed by atoms with van der Waals surface area (Å²) < 4.78 is 4.90. The van der Waals surface area contributed by atoms with E-state index in [2.05, 4.69) is 20.8 Å². The molecule has 0 bridgehead atoms. The number of carbonyl (C=O) groups is 4. The molecule has 0 unspecified atom stereocenters. The van der Waals surface area contributed by atoms with Gasteiger partial charge >= 0.3 is 12.1 Å². The van der Waals surface area contributed by atoms with Gasteiger partial charge < -0.3 is 31.4 Å². The molecule has 0 aliphatic carbocycles. The fourth-order valence-electron chi connectivity index (χ4n) is 3.10. The average molecular weight is 497 g/mol. The van der Waals surface area contributed by atoms with Crippen molar-refractivity contribution < 1.29 is 34.2 Å². The molecule has 176 valence electrons. The molecule has 3 amide bonds. The van der Waals surface area contributed by atoms with Crippen LogP contribution >= 0.6 is 23.1 Å². The quantitative estimate of drug-likeness (QED) is 0.141. The number of nitrogens with two attached hydrogens (primary N) is 1. The number of anilines is 1. The SMILES string of the molecule is CCNC(=O)OC/C=C\C1=C(C(=O)O)N2C(=O)[C@@H](NC(=O)/C(=N\O)c3csc(N)n3)[C@H]2SC1. The zero-order valence-corrected chi connectivity index (χ0v) is 18.8. The number of carboxylic acid groups (broad SMARTS) is 1. The van der Waals surface area contributed by atoms with Crippen LogP contribution < -0.4 is 16.4 Å². The molecule has 2 atom stereocenters. The summed E-state index contributed by atoms with van der Waals surface area (Å²) in [5, 5.41) is 27.7. The summed E-state index contributed by atoms with van der Waals surface area (Å²) in [5.41, 5.74) is 5.30. The Balaban J connectivity index is 1.69. The molecule has 1 fully saturated rings. The van der Waals surface area contributed by atoms with Gasteiger partial charge in [-0.15, -0.1) is 23.1 Å². The number of hydrogen-bond donors (Lipinski definition) is 5. The fraction of sp³-hybridized carbons (Fsp3) is 0.333. The molecule has 1 aromatic rings. The van der Waals surface area contributed by atoms with Crippen molar-refractivity contribution in [3.8, 4) is 0 Å². The fourth-order valence-corrected chi connectivity index (χ4v) is 4.97. The molecule has 1 saturated heterocycles. The van der Waals surface area contributed by atoms with E-state index in [1.54, 1.807) is 6.92 Å². The Hall–Kier alpha value is -3.59. The summed E-state index contributed by atoms with van der Waals surface area (Å²) in [4.78, 5) is 53.3. The van der Waals surface area contributed by atoms with Crippen molar-refractivity contribution >= 4 is 57.8 Å². The number of hydrogen-bond acceptors (Lipinski definition) is 11. The van der Waals surface area contributed by atoms with Crippen LogP contribution in [-0.2, 0) is 19.1 Å². The zero-order chi connectivity index (χ0) is 24.1. The lowest BCUT2D eigenvalue weighted by Gasteiger charge is -2.49. The van der Waals surface area contributed by atoms with Crippen molar-refractivity contribution in [3.05, 3.63) is 34.5 Å². The maximum absolute atomic E-state index is 12.7. The highest BCUT2D eigenvalue weighted by molar-refractivity contribution is 8.00. The molecule has 2 aliphatic heterocycles. The highest BCUT2D eigenvalue weighted by atomic mass is 32.2. The number of thioether (sulfide) groups is 1. The van der Waals surface area contributed by atoms with E-state index in [1.165, 1.54) is 29.3 Å². The average Bonchev–Trinajstić information content (AvgIpc) is 3.20. The van der Waals surface area contributed by atoms with E-state index in [1.807, 2.05) is 0 Å². The number of nitrogens with zero attached hydrogens (tertiary/aromatic N) is 3. The molecule has 1 aromatic heterocycles. The van der Waals surface area contributed by atoms with E-state index in [0.717, 1.165) is 16.2 Å². The molecule has 3 rings (SSSR count). The van der Waals surface area contributed by atoms with E-state index >= 15 is 0 Å². The van der Waals surface area contributed by atoms with E-state index in [0.29, 0.717) is 12.1 Å². The predicted octanol–water partition coefficient (Wildman–Crippen LogP) is -0.0555. The second kappa shape index (κ2) is 10.4. The molecule has 33 heavy (non-hydrogen) atoms. The van der Waals surface area contributed by atoms with Gasteiger partial charge in [-0.2, -0.15) is 0 Å². The third-order valence-corrected chi connectivity index (χ3v) is 6.49. The smallest absolute Gasteiger partial charge is 0.407 e. The summed E-state index contributed by atoms with van der Waals surface area (Å²) in [6.07, 6.45) is 2.35. The van der Waals surface area contributed by atoms with Gasteiger partial charge in [0.15, 0.2) is 10.8 Å². The molecule has 0 saturated carbocycles. The van der Waals surface area contributed by atoms with Crippen LogP contribution in [0.5, 0.6) is 0 Å². The maximum Gasteiger partial charge on any atom is 0.407 e. The lowest BCUT2D eigenvalue weighted by molar-refractivity contribution is -0.150. The third-order valence-electron chi connectivity index (χ3n) is 4.52. The molecule has 0 aromatic carbocycles. The molecular formula is C18H20N6O7S2. The molecule has 2 aliphatic rings. The third kappa shape index (κ3) is 5.09. The van der Waals surface area contributed by atoms with Crippen molar-refractivity contribution in [1.29, 1.82) is 0 Å². The number of ether oxygens (including phenoxy) is 1. The summed E-state index contributed by atoms with van der Waals surface area (Å²) in [5.74, 6) is -2.55. The van der Waals surface area contributed by atoms with Gasteiger partial charge in [-0.3, -0.25) is 14.5 Å². The summed E-state index contributed by atoms with van der Waals surface area (Å²) in [6.45, 7) is 2.07. The minimum absolute atomic E-state index is 0.0470. The van der Waals surface area contributed by atoms with Crippen LogP contribution in [-0.4, -0.2) is 80.1 Å². The number of nitrogen functional groups attached to an aromatic ring is 1. The molecule has 0 spiro atoms. The van der Waals surface area contributed by atoms with Crippen molar-refractivity contribution in [2.45, 2.75) is 18.3 Å². The number of carbonyl (C=O) groups excluding carboxylic acids is 3. The number of rotatable bonds is 8. The first-order valence-electron chi connectivity index (χ1n) is 9.51. The van der Waals surface area contributed by atoms with Gasteiger partial charge in [-0.1, -0.05) is 11.2 Å². The highest BCUT2D eigenvalue weighted by Crippen LogP contribution is 2.40. The van der Waals surface area contributed by atoms with Crippen LogP contribution in [0, 0.1) is 0 Å². The monoisotopic (exact) mass is 496 g/mol. The number of carboxylic acids is 1. The normalized spacial score (nSPS) is 20.3. The minimum atomic E-state index is -1.31. The number of β-lactam (4-membered cyclic amide) rings is 1. The number of aliphatic carboxylic acids is 1. The van der Waals surface area contributed by atoms with Crippen LogP contribution in [0.15, 0.2) is 34.0 Å². The predicted molar refractivity (Wildman–Crippen MR) is 119 cm³/mol. The summed E-state index contributed by atoms with van der Waals surface area (Å²) >= 11 is 2.29. The van der Waals surface area contributed by atoms with Gasteiger partial charge in [0, 0.05) is 17.7 Å². The first kappa shape index (κ1) is 24.1. The van der Waals surface area contributed by atoms with Gasteiger partial charge in [0.25, 0.3) is 11.8 Å². The second-order valence-corrected chi connectivity index (χ2v) is 8.59. The van der Waals surface area contributed by atoms with Crippen LogP contribution in [0.1, 0.15) is 12.6 Å². The lowest BCUT2D eigenvalue weighted by atomic mass is 10.0. The largest absolute Gasteiger partial charge is 0.477 e. The van der Waals surface area contributed by atoms with Gasteiger partial charge in [0.2, 0.25) is 0 Å². The van der Waals surface area contributed by atoms with E-state index in [4.69, 9.17) is 10.5 Å². The van der Waals surface area contributed by atoms with Crippen molar-refractivity contribution in [3.63, 3.8) is 0 Å². The number of fused-ring (bicyclic) bond motifs is 1. The van der Waals surface area contributed by atoms with Crippen LogP contribution in [0.4, 0.5) is 9.93 Å². The number of nitrogens with one attached hydrogen (secondary N) is 2. The number of aromatic nitrogens is 1. The Morgan fingerprint density at radius 2 is 2.21 bits per heavy atom. The number of allylic oxidation sites excluding steroid dienone is 1. The maximum atomic E-state index is 12.7. The number of amides is 3. The van der Waals surface area contributed by atoms with Crippen LogP contribution in [0.2, 0.25) is 0 Å². The topological polar surface area (TPSA) is 197 Å². The van der Waals surface area contributed by atoms with Gasteiger partial charge in [-0.05, 0) is 18.6 Å². The van der Waals surface area contributed by atoms with Crippen LogP contribution in [0.3, 0.4) is 0 Å². The standard InChI is InChI=1S/C18H20N6O7S2/c1-2-20-18(29)31-5-3-4-8-6-32-15-11(14(26)24(15)12(8)16(27)28)22-13(25)10(23-30)9-7-33-17(19)21-9/h3-4,7,11,15,30H,2,5-6H2,1H3,(H2,19,21)(H,20,29)(H,22,25)(H,27,28)/b4-3-,23-10-/t11-,15-/m1/s1. The Labute approximate surface area is 195 Å². The first-order valence-corrected chi connectivity index (χ1v) is 11.4. The molecule has 15 heteroatoms. The molecule has 6 N–H and O–H groups in total. The highest BCUT2D eigenvalue weighted by Gasteiger charge is 2.54. The first-order chi connectivity index (χ1) is 15.8. The minimum Gasteiger partial charge on any atom is -0.477 e. The molecule has 13 nitrogen and oxygen atoms in total. The Kier molecular flexibility index (Phi) is 7.55. The van der Waals surface area contributed by atoms with Crippen molar-refractivity contribution in [1.82, 2.24) is 20.5 Å². The summed E-state index contributed by atoms with van der Waals surface area (Å²) in [6, 6.07) is -1.02. The molecule has 0 radical (unpaired) electrons. The Bertz CT molecular complexity index is 1070. The van der Waals surface area contributed by atoms with E-state index in [9.17, 15) is 29.5 Å². The number of thiazole rings is 1. The van der Waals surface area contributed by atoms with Crippen LogP contribution in [0.25, 0.3) is 0 Å². The Morgan fingerprint density at radius 3 is 2.82 bits per heavy atom. The van der Waals surface area contributed by atoms with Gasteiger partial charge in [0.1, 0.15) is 29.4 Å².